The highest BCUT2D eigenvalue weighted by Crippen LogP contribution is 2.25. The van der Waals surface area contributed by atoms with Gasteiger partial charge in [-0.25, -0.2) is 0 Å². The lowest BCUT2D eigenvalue weighted by atomic mass is 10.0. The first-order valence-electron chi connectivity index (χ1n) is 4.92. The molecule has 1 unspecified atom stereocenters. The molecule has 0 saturated heterocycles. The zero-order chi connectivity index (χ0) is 14.6. The van der Waals surface area contributed by atoms with Crippen molar-refractivity contribution in [3.8, 4) is 0 Å². The average Bonchev–Trinajstić information content (AvgIpc) is 2.39. The van der Waals surface area contributed by atoms with E-state index < -0.39 is 33.9 Å². The van der Waals surface area contributed by atoms with Crippen LogP contribution in [0, 0.1) is 20.2 Å². The van der Waals surface area contributed by atoms with Crippen LogP contribution >= 0.6 is 0 Å². The summed E-state index contributed by atoms with van der Waals surface area (Å²) < 4.78 is 0. The molecule has 0 bridgehead atoms. The summed E-state index contributed by atoms with van der Waals surface area (Å²) in [6.45, 7) is -0.746. The third-order valence-corrected chi connectivity index (χ3v) is 2.29. The van der Waals surface area contributed by atoms with E-state index in [0.717, 1.165) is 18.2 Å². The number of nitro benzene ring substituents is 2. The third-order valence-electron chi connectivity index (χ3n) is 2.29. The van der Waals surface area contributed by atoms with E-state index in [-0.39, 0.29) is 11.3 Å². The van der Waals surface area contributed by atoms with Crippen molar-refractivity contribution in [3.63, 3.8) is 0 Å². The van der Waals surface area contributed by atoms with Gasteiger partial charge in [0.15, 0.2) is 0 Å². The maximum atomic E-state index is 10.9. The van der Waals surface area contributed by atoms with Crippen molar-refractivity contribution in [2.24, 2.45) is 10.9 Å². The van der Waals surface area contributed by atoms with E-state index in [2.05, 4.69) is 5.10 Å². The minimum atomic E-state index is -1.52. The van der Waals surface area contributed by atoms with Crippen LogP contribution in [0.25, 0.3) is 0 Å². The Hall–Kier alpha value is -2.59. The number of aliphatic hydroxyl groups is 2. The molecule has 0 aromatic heterocycles. The maximum Gasteiger partial charge on any atom is 0.285 e. The van der Waals surface area contributed by atoms with E-state index in [1.165, 1.54) is 0 Å². The summed E-state index contributed by atoms with van der Waals surface area (Å²) in [5.74, 6) is 5.01. The molecule has 1 rings (SSSR count). The smallest absolute Gasteiger partial charge is 0.285 e. The molecule has 0 fully saturated rings. The molecule has 10 nitrogen and oxygen atoms in total. The predicted octanol–water partition coefficient (Wildman–Crippen LogP) is -0.481. The lowest BCUT2D eigenvalue weighted by Gasteiger charge is -2.10. The fourth-order valence-electron chi connectivity index (χ4n) is 1.42. The molecule has 102 valence electrons. The highest BCUT2D eigenvalue weighted by Gasteiger charge is 2.26. The number of hydrogen-bond donors (Lipinski definition) is 3. The molecule has 0 spiro atoms. The summed E-state index contributed by atoms with van der Waals surface area (Å²) in [4.78, 5) is 19.8. The van der Waals surface area contributed by atoms with Crippen molar-refractivity contribution in [1.82, 2.24) is 0 Å². The summed E-state index contributed by atoms with van der Waals surface area (Å²) in [7, 11) is 0. The van der Waals surface area contributed by atoms with Crippen LogP contribution in [0.5, 0.6) is 0 Å². The van der Waals surface area contributed by atoms with Crippen LogP contribution in [0.4, 0.5) is 11.4 Å². The molecule has 1 atom stereocenters. The number of non-ortho nitro benzene ring substituents is 1. The first-order valence-corrected chi connectivity index (χ1v) is 4.92. The van der Waals surface area contributed by atoms with Gasteiger partial charge in [-0.1, -0.05) is 0 Å². The SMILES string of the molecule is NN=C(c1ccc([N+](=O)[O-])cc1[N+](=O)[O-])C(O)CO. The number of nitrogens with zero attached hydrogens (tertiary/aromatic N) is 3. The van der Waals surface area contributed by atoms with Crippen molar-refractivity contribution in [2.75, 3.05) is 6.61 Å². The maximum absolute atomic E-state index is 10.9. The molecule has 0 heterocycles. The predicted molar refractivity (Wildman–Crippen MR) is 63.6 cm³/mol. The Bertz CT molecular complexity index is 544. The second-order valence-electron chi connectivity index (χ2n) is 3.43. The van der Waals surface area contributed by atoms with Gasteiger partial charge < -0.3 is 16.1 Å². The molecule has 1 aromatic rings. The van der Waals surface area contributed by atoms with Gasteiger partial charge in [0, 0.05) is 6.07 Å². The fraction of sp³-hybridized carbons (Fsp3) is 0.222. The fourth-order valence-corrected chi connectivity index (χ4v) is 1.42. The molecule has 1 aromatic carbocycles. The van der Waals surface area contributed by atoms with E-state index in [9.17, 15) is 25.3 Å². The molecule has 19 heavy (non-hydrogen) atoms. The van der Waals surface area contributed by atoms with Gasteiger partial charge in [-0.15, -0.1) is 0 Å². The van der Waals surface area contributed by atoms with E-state index in [1.807, 2.05) is 0 Å². The van der Waals surface area contributed by atoms with Crippen LogP contribution in [-0.2, 0) is 0 Å². The second-order valence-corrected chi connectivity index (χ2v) is 3.43. The number of nitrogens with two attached hydrogens (primary N) is 1. The average molecular weight is 270 g/mol. The second kappa shape index (κ2) is 5.84. The zero-order valence-corrected chi connectivity index (χ0v) is 9.46. The van der Waals surface area contributed by atoms with E-state index >= 15 is 0 Å². The number of hydrazone groups is 1. The van der Waals surface area contributed by atoms with Crippen LogP contribution < -0.4 is 5.84 Å². The lowest BCUT2D eigenvalue weighted by Crippen LogP contribution is -2.27. The summed E-state index contributed by atoms with van der Waals surface area (Å²) in [5, 5.41) is 42.8. The van der Waals surface area contributed by atoms with Crippen molar-refractivity contribution < 1.29 is 20.1 Å². The van der Waals surface area contributed by atoms with Crippen LogP contribution in [-0.4, -0.2) is 38.5 Å². The number of rotatable bonds is 5. The standard InChI is InChI=1S/C9H10N4O6/c10-11-9(8(15)4-14)6-2-1-5(12(16)17)3-7(6)13(18)19/h1-3,8,14-15H,4,10H2. The number of hydrogen-bond acceptors (Lipinski definition) is 8. The highest BCUT2D eigenvalue weighted by molar-refractivity contribution is 6.06. The molecule has 0 saturated carbocycles. The Morgan fingerprint density at radius 1 is 1.37 bits per heavy atom. The third kappa shape index (κ3) is 3.00. The Kier molecular flexibility index (Phi) is 4.45. The number of nitro groups is 2. The highest BCUT2D eigenvalue weighted by atomic mass is 16.6. The van der Waals surface area contributed by atoms with Crippen LogP contribution in [0.3, 0.4) is 0 Å². The normalized spacial score (nSPS) is 13.1. The van der Waals surface area contributed by atoms with Gasteiger partial charge in [-0.2, -0.15) is 5.10 Å². The minimum Gasteiger partial charge on any atom is -0.393 e. The molecular formula is C9H10N4O6. The summed E-state index contributed by atoms with van der Waals surface area (Å²) >= 11 is 0. The monoisotopic (exact) mass is 270 g/mol. The Balaban J connectivity index is 3.43. The largest absolute Gasteiger partial charge is 0.393 e. The van der Waals surface area contributed by atoms with Gasteiger partial charge in [0.1, 0.15) is 11.8 Å². The van der Waals surface area contributed by atoms with Gasteiger partial charge in [-0.3, -0.25) is 20.2 Å². The van der Waals surface area contributed by atoms with Crippen molar-refractivity contribution >= 4 is 17.1 Å². The molecule has 4 N–H and O–H groups in total. The first kappa shape index (κ1) is 14.5. The zero-order valence-electron chi connectivity index (χ0n) is 9.46. The van der Waals surface area contributed by atoms with Gasteiger partial charge in [0.25, 0.3) is 11.4 Å². The summed E-state index contributed by atoms with van der Waals surface area (Å²) in [5.41, 5.74) is -1.64. The Morgan fingerprint density at radius 3 is 2.42 bits per heavy atom. The van der Waals surface area contributed by atoms with Crippen molar-refractivity contribution in [1.29, 1.82) is 0 Å². The van der Waals surface area contributed by atoms with Crippen LogP contribution in [0.15, 0.2) is 23.3 Å². The molecule has 10 heteroatoms. The molecular weight excluding hydrogens is 260 g/mol. The molecule has 0 aliphatic carbocycles. The molecule has 0 aliphatic heterocycles. The van der Waals surface area contributed by atoms with Crippen LogP contribution in [0.1, 0.15) is 5.56 Å². The summed E-state index contributed by atoms with van der Waals surface area (Å²) in [6, 6.07) is 2.78. The van der Waals surface area contributed by atoms with Crippen molar-refractivity contribution in [3.05, 3.63) is 44.0 Å². The van der Waals surface area contributed by atoms with E-state index in [4.69, 9.17) is 10.9 Å². The summed E-state index contributed by atoms with van der Waals surface area (Å²) in [6.07, 6.45) is -1.52. The lowest BCUT2D eigenvalue weighted by molar-refractivity contribution is -0.394. The topological polar surface area (TPSA) is 165 Å². The quantitative estimate of drug-likeness (QED) is 0.281. The van der Waals surface area contributed by atoms with Crippen LogP contribution in [0.2, 0.25) is 0 Å². The first-order chi connectivity index (χ1) is 8.92. The van der Waals surface area contributed by atoms with E-state index in [0.29, 0.717) is 0 Å². The van der Waals surface area contributed by atoms with Gasteiger partial charge in [-0.05, 0) is 6.07 Å². The van der Waals surface area contributed by atoms with Gasteiger partial charge in [0.2, 0.25) is 0 Å². The number of aliphatic hydroxyl groups excluding tert-OH is 2. The molecule has 0 amide bonds. The minimum absolute atomic E-state index is 0.195. The van der Waals surface area contributed by atoms with E-state index in [1.54, 1.807) is 0 Å². The van der Waals surface area contributed by atoms with Gasteiger partial charge in [0.05, 0.1) is 28.1 Å². The number of benzene rings is 1. The van der Waals surface area contributed by atoms with Crippen molar-refractivity contribution in [2.45, 2.75) is 6.10 Å². The van der Waals surface area contributed by atoms with Gasteiger partial charge >= 0.3 is 0 Å². The Morgan fingerprint density at radius 2 is 2.00 bits per heavy atom. The molecule has 0 aliphatic rings. The Labute approximate surface area is 106 Å². The molecule has 0 radical (unpaired) electrons.